The van der Waals surface area contributed by atoms with Crippen LogP contribution in [0.15, 0.2) is 18.2 Å². The van der Waals surface area contributed by atoms with Crippen molar-refractivity contribution in [3.8, 4) is 0 Å². The zero-order chi connectivity index (χ0) is 21.8. The van der Waals surface area contributed by atoms with Gasteiger partial charge in [0.05, 0.1) is 32.8 Å². The number of hydrogen-bond acceptors (Lipinski definition) is 4. The molecule has 1 aromatic heterocycles. The minimum absolute atomic E-state index is 0.186. The van der Waals surface area contributed by atoms with E-state index in [1.165, 1.54) is 4.90 Å². The van der Waals surface area contributed by atoms with E-state index in [-0.39, 0.29) is 19.5 Å². The minimum atomic E-state index is -4.41. The lowest BCUT2D eigenvalue weighted by molar-refractivity contribution is -0.224. The number of amides is 1. The second-order valence-corrected chi connectivity index (χ2v) is 7.12. The summed E-state index contributed by atoms with van der Waals surface area (Å²) >= 11 is 0. The number of nitrogens with one attached hydrogen (secondary N) is 2. The number of fused-ring (bicyclic) bond motifs is 1. The summed E-state index contributed by atoms with van der Waals surface area (Å²) in [4.78, 5) is 20.1. The summed E-state index contributed by atoms with van der Waals surface area (Å²) in [6.07, 6.45) is -6.15. The predicted molar refractivity (Wildman–Crippen MR) is 106 cm³/mol. The van der Waals surface area contributed by atoms with Crippen LogP contribution in [0.3, 0.4) is 0 Å². The number of likely N-dealkylation sites (N-methyl/N-ethyl adjacent to an activating group) is 1. The maximum atomic E-state index is 12.6. The molecule has 6 nitrogen and oxygen atoms in total. The molecule has 4 radical (unpaired) electrons. The van der Waals surface area contributed by atoms with Gasteiger partial charge in [0.2, 0.25) is 6.41 Å². The average molecular weight is 406 g/mol. The Labute approximate surface area is 170 Å². The van der Waals surface area contributed by atoms with E-state index in [9.17, 15) is 18.0 Å². The van der Waals surface area contributed by atoms with Crippen LogP contribution in [0.5, 0.6) is 0 Å². The van der Waals surface area contributed by atoms with E-state index in [1.54, 1.807) is 32.2 Å². The van der Waals surface area contributed by atoms with Gasteiger partial charge in [-0.1, -0.05) is 6.07 Å². The third kappa shape index (κ3) is 6.24. The van der Waals surface area contributed by atoms with Crippen molar-refractivity contribution < 1.29 is 22.7 Å². The summed E-state index contributed by atoms with van der Waals surface area (Å²) in [6, 6.07) is 5.33. The highest BCUT2D eigenvalue weighted by Crippen LogP contribution is 2.24. The molecule has 1 unspecified atom stereocenters. The summed E-state index contributed by atoms with van der Waals surface area (Å²) in [7, 11) is 13.6. The van der Waals surface area contributed by atoms with E-state index in [0.717, 1.165) is 12.5 Å². The molecule has 0 bridgehead atoms. The number of H-pyrrole nitrogens is 1. The highest BCUT2D eigenvalue weighted by molar-refractivity contribution is 6.40. The van der Waals surface area contributed by atoms with Crippen molar-refractivity contribution in [3.05, 3.63) is 29.6 Å². The summed E-state index contributed by atoms with van der Waals surface area (Å²) in [5, 5.41) is 1.48. The number of aromatic amines is 1. The molecule has 11 heteroatoms. The van der Waals surface area contributed by atoms with E-state index < -0.39 is 23.7 Å². The molecule has 2 rings (SSSR count). The fraction of sp³-hybridized carbons (Fsp3) is 0.556. The number of alkyl halides is 3. The topological polar surface area (TPSA) is 70.2 Å². The third-order valence-electron chi connectivity index (χ3n) is 4.45. The van der Waals surface area contributed by atoms with Crippen LogP contribution in [-0.2, 0) is 22.5 Å². The van der Waals surface area contributed by atoms with Gasteiger partial charge in [-0.25, -0.2) is 4.98 Å². The highest BCUT2D eigenvalue weighted by atomic mass is 19.4. The molecule has 0 saturated carbocycles. The molecule has 29 heavy (non-hydrogen) atoms. The monoisotopic (exact) mass is 406 g/mol. The average Bonchev–Trinajstić information content (AvgIpc) is 2.99. The normalized spacial score (nSPS) is 14.7. The Morgan fingerprint density at radius 2 is 2.03 bits per heavy atom. The number of halogens is 3. The van der Waals surface area contributed by atoms with Gasteiger partial charge < -0.3 is 19.9 Å². The van der Waals surface area contributed by atoms with Gasteiger partial charge in [-0.2, -0.15) is 13.2 Å². The second-order valence-electron chi connectivity index (χ2n) is 7.12. The van der Waals surface area contributed by atoms with Crippen molar-refractivity contribution in [2.75, 3.05) is 13.6 Å². The van der Waals surface area contributed by atoms with Crippen LogP contribution in [-0.4, -0.2) is 74.3 Å². The quantitative estimate of drug-likeness (QED) is 0.465. The molecule has 2 aromatic rings. The van der Waals surface area contributed by atoms with Crippen LogP contribution in [0.1, 0.15) is 25.2 Å². The molecule has 1 aromatic carbocycles. The van der Waals surface area contributed by atoms with E-state index in [4.69, 9.17) is 20.4 Å². The number of carbonyl (C=O) groups excluding carboxylic acids is 1. The summed E-state index contributed by atoms with van der Waals surface area (Å²) in [5.74, 6) is 0.508. The fourth-order valence-electron chi connectivity index (χ4n) is 2.91. The van der Waals surface area contributed by atoms with Gasteiger partial charge in [0, 0.05) is 19.5 Å². The van der Waals surface area contributed by atoms with Gasteiger partial charge in [-0.05, 0) is 43.9 Å². The molecule has 0 aliphatic carbocycles. The fourth-order valence-corrected chi connectivity index (χ4v) is 2.91. The molecule has 2 atom stereocenters. The first-order valence-electron chi connectivity index (χ1n) is 9.10. The Hall–Kier alpha value is -2.00. The van der Waals surface area contributed by atoms with Crippen molar-refractivity contribution in [1.82, 2.24) is 20.2 Å². The molecule has 0 fully saturated rings. The number of imidazole rings is 1. The SMILES string of the molecule is [B]C([B])(CNC)N(C=O)Cc1ccc2nc(C[C@@H](C)OC(C)C(F)(F)F)[nH]c2c1. The largest absolute Gasteiger partial charge is 0.414 e. The van der Waals surface area contributed by atoms with E-state index in [2.05, 4.69) is 15.3 Å². The number of benzene rings is 1. The van der Waals surface area contributed by atoms with Gasteiger partial charge >= 0.3 is 6.18 Å². The lowest BCUT2D eigenvalue weighted by Gasteiger charge is -2.37. The van der Waals surface area contributed by atoms with Gasteiger partial charge in [-0.15, -0.1) is 0 Å². The van der Waals surface area contributed by atoms with Crippen molar-refractivity contribution in [3.63, 3.8) is 0 Å². The van der Waals surface area contributed by atoms with E-state index in [1.807, 2.05) is 0 Å². The third-order valence-corrected chi connectivity index (χ3v) is 4.45. The standard InChI is InChI=1S/C18H23B2F3N4O2/c1-11(29-12(2)18(21,22)23)6-16-25-14-5-4-13(7-15(14)26-16)8-27(10-28)17(19,20)9-24-3/h4-5,7,10-12,24H,6,8-9H2,1-3H3,(H,25,26)/t11-,12?/m1/s1. The van der Waals surface area contributed by atoms with Crippen molar-refractivity contribution in [2.45, 2.75) is 50.5 Å². The molecule has 0 saturated heterocycles. The van der Waals surface area contributed by atoms with E-state index >= 15 is 0 Å². The first-order valence-corrected chi connectivity index (χ1v) is 9.10. The molecule has 154 valence electrons. The molecule has 1 amide bonds. The maximum absolute atomic E-state index is 12.6. The van der Waals surface area contributed by atoms with Crippen LogP contribution in [0.2, 0.25) is 0 Å². The zero-order valence-electron chi connectivity index (χ0n) is 16.6. The first-order chi connectivity index (χ1) is 13.5. The number of aromatic nitrogens is 2. The first kappa shape index (κ1) is 23.3. The summed E-state index contributed by atoms with van der Waals surface area (Å²) in [5.41, 5.74) is 2.11. The van der Waals surface area contributed by atoms with Crippen LogP contribution < -0.4 is 5.32 Å². The number of hydrogen-bond donors (Lipinski definition) is 2. The van der Waals surface area contributed by atoms with Gasteiger partial charge in [0.25, 0.3) is 0 Å². The molecule has 0 spiro atoms. The highest BCUT2D eigenvalue weighted by Gasteiger charge is 2.38. The van der Waals surface area contributed by atoms with Crippen molar-refractivity contribution in [2.24, 2.45) is 0 Å². The van der Waals surface area contributed by atoms with Crippen LogP contribution in [0.25, 0.3) is 11.0 Å². The number of rotatable bonds is 10. The Morgan fingerprint density at radius 1 is 1.34 bits per heavy atom. The Morgan fingerprint density at radius 3 is 2.62 bits per heavy atom. The van der Waals surface area contributed by atoms with E-state index in [0.29, 0.717) is 23.3 Å². The molecule has 0 aliphatic heterocycles. The molecule has 0 aliphatic rings. The molecular formula is C18H23B2F3N4O2. The maximum Gasteiger partial charge on any atom is 0.414 e. The Balaban J connectivity index is 2.10. The van der Waals surface area contributed by atoms with Crippen LogP contribution in [0.4, 0.5) is 13.2 Å². The molecule has 1 heterocycles. The van der Waals surface area contributed by atoms with Crippen molar-refractivity contribution in [1.29, 1.82) is 0 Å². The Bertz CT molecular complexity index is 829. The smallest absolute Gasteiger partial charge is 0.366 e. The lowest BCUT2D eigenvalue weighted by Crippen LogP contribution is -2.54. The van der Waals surface area contributed by atoms with Crippen LogP contribution >= 0.6 is 0 Å². The number of carbonyl (C=O) groups is 1. The van der Waals surface area contributed by atoms with Gasteiger partial charge in [-0.3, -0.25) is 4.79 Å². The molecular weight excluding hydrogens is 383 g/mol. The Kier molecular flexibility index (Phi) is 7.40. The predicted octanol–water partition coefficient (Wildman–Crippen LogP) is 1.63. The minimum Gasteiger partial charge on any atom is -0.366 e. The van der Waals surface area contributed by atoms with Gasteiger partial charge in [0.1, 0.15) is 5.82 Å². The summed E-state index contributed by atoms with van der Waals surface area (Å²) in [6.45, 7) is 2.93. The molecule has 2 N–H and O–H groups in total. The zero-order valence-corrected chi connectivity index (χ0v) is 16.6. The van der Waals surface area contributed by atoms with Gasteiger partial charge in [0.15, 0.2) is 6.10 Å². The van der Waals surface area contributed by atoms with Crippen LogP contribution in [0, 0.1) is 0 Å². The number of nitrogens with zero attached hydrogens (tertiary/aromatic N) is 2. The van der Waals surface area contributed by atoms with Crippen molar-refractivity contribution >= 4 is 33.1 Å². The number of ether oxygens (including phenoxy) is 1. The summed E-state index contributed by atoms with van der Waals surface area (Å²) < 4.78 is 42.9. The second kappa shape index (κ2) is 9.21. The lowest BCUT2D eigenvalue weighted by atomic mass is 9.60.